The minimum atomic E-state index is 0.100. The van der Waals surface area contributed by atoms with E-state index in [2.05, 4.69) is 26.1 Å². The first-order chi connectivity index (χ1) is 8.67. The molecule has 1 aromatic carbocycles. The molecule has 1 N–H and O–H groups in total. The molecular formula is C15H22N2O. The summed E-state index contributed by atoms with van der Waals surface area (Å²) in [6.07, 6.45) is 1.14. The van der Waals surface area contributed by atoms with Gasteiger partial charge >= 0.3 is 0 Å². The Labute approximate surface area is 110 Å². The van der Waals surface area contributed by atoms with E-state index in [4.69, 9.17) is 10.00 Å². The lowest BCUT2D eigenvalue weighted by atomic mass is 10.0. The molecule has 0 aliphatic rings. The molecule has 0 fully saturated rings. The van der Waals surface area contributed by atoms with Crippen molar-refractivity contribution in [3.05, 3.63) is 29.8 Å². The molecular weight excluding hydrogens is 224 g/mol. The van der Waals surface area contributed by atoms with Crippen molar-refractivity contribution in [3.63, 3.8) is 0 Å². The molecule has 1 rings (SSSR count). The molecule has 3 heteroatoms. The lowest BCUT2D eigenvalue weighted by Crippen LogP contribution is -2.32. The van der Waals surface area contributed by atoms with E-state index in [0.29, 0.717) is 12.0 Å². The van der Waals surface area contributed by atoms with Gasteiger partial charge in [0.15, 0.2) is 6.61 Å². The second-order valence-electron chi connectivity index (χ2n) is 4.73. The largest absolute Gasteiger partial charge is 0.479 e. The van der Waals surface area contributed by atoms with Crippen LogP contribution in [0.25, 0.3) is 0 Å². The van der Waals surface area contributed by atoms with Gasteiger partial charge in [-0.2, -0.15) is 5.26 Å². The van der Waals surface area contributed by atoms with Gasteiger partial charge in [0.2, 0.25) is 0 Å². The number of nitriles is 1. The van der Waals surface area contributed by atoms with E-state index in [0.717, 1.165) is 18.7 Å². The fraction of sp³-hybridized carbons (Fsp3) is 0.533. The van der Waals surface area contributed by atoms with Gasteiger partial charge in [0.25, 0.3) is 0 Å². The van der Waals surface area contributed by atoms with Crippen molar-refractivity contribution in [2.24, 2.45) is 5.92 Å². The van der Waals surface area contributed by atoms with Gasteiger partial charge in [-0.25, -0.2) is 0 Å². The average molecular weight is 246 g/mol. The molecule has 18 heavy (non-hydrogen) atoms. The molecule has 3 nitrogen and oxygen atoms in total. The maximum Gasteiger partial charge on any atom is 0.174 e. The normalized spacial score (nSPS) is 12.2. The zero-order valence-electron chi connectivity index (χ0n) is 11.4. The first-order valence-electron chi connectivity index (χ1n) is 6.49. The molecule has 0 aromatic heterocycles. The van der Waals surface area contributed by atoms with E-state index in [1.807, 2.05) is 30.3 Å². The van der Waals surface area contributed by atoms with Crippen LogP contribution in [0.4, 0.5) is 0 Å². The highest BCUT2D eigenvalue weighted by atomic mass is 16.5. The Balaban J connectivity index is 2.46. The predicted octanol–water partition coefficient (Wildman–Crippen LogP) is 3.11. The summed E-state index contributed by atoms with van der Waals surface area (Å²) < 4.78 is 5.21. The highest BCUT2D eigenvalue weighted by Crippen LogP contribution is 2.13. The van der Waals surface area contributed by atoms with Gasteiger partial charge < -0.3 is 10.1 Å². The molecule has 98 valence electrons. The van der Waals surface area contributed by atoms with Gasteiger partial charge in [0.1, 0.15) is 11.8 Å². The van der Waals surface area contributed by atoms with E-state index in [-0.39, 0.29) is 6.61 Å². The second-order valence-corrected chi connectivity index (χ2v) is 4.73. The smallest absolute Gasteiger partial charge is 0.174 e. The molecule has 0 radical (unpaired) electrons. The Morgan fingerprint density at radius 2 is 1.94 bits per heavy atom. The highest BCUT2D eigenvalue weighted by molar-refractivity contribution is 5.27. The van der Waals surface area contributed by atoms with Crippen molar-refractivity contribution in [1.29, 1.82) is 5.26 Å². The third-order valence-electron chi connectivity index (χ3n) is 3.04. The topological polar surface area (TPSA) is 45.0 Å². The maximum atomic E-state index is 8.42. The van der Waals surface area contributed by atoms with Crippen molar-refractivity contribution in [2.45, 2.75) is 39.8 Å². The Bertz CT molecular complexity index is 378. The van der Waals surface area contributed by atoms with Crippen molar-refractivity contribution >= 4 is 0 Å². The van der Waals surface area contributed by atoms with Gasteiger partial charge in [-0.05, 0) is 30.0 Å². The minimum Gasteiger partial charge on any atom is -0.479 e. The summed E-state index contributed by atoms with van der Waals surface area (Å²) in [6, 6.07) is 10.4. The van der Waals surface area contributed by atoms with E-state index in [1.54, 1.807) is 0 Å². The van der Waals surface area contributed by atoms with Crippen LogP contribution < -0.4 is 10.1 Å². The summed E-state index contributed by atoms with van der Waals surface area (Å²) in [4.78, 5) is 0. The maximum absolute atomic E-state index is 8.42. The number of benzene rings is 1. The van der Waals surface area contributed by atoms with Crippen molar-refractivity contribution in [2.75, 3.05) is 6.61 Å². The van der Waals surface area contributed by atoms with Crippen LogP contribution in [0.2, 0.25) is 0 Å². The molecule has 0 saturated heterocycles. The van der Waals surface area contributed by atoms with Gasteiger partial charge in [-0.3, -0.25) is 0 Å². The first-order valence-corrected chi connectivity index (χ1v) is 6.49. The molecule has 0 amide bonds. The van der Waals surface area contributed by atoms with Crippen molar-refractivity contribution in [1.82, 2.24) is 5.32 Å². The summed E-state index contributed by atoms with van der Waals surface area (Å²) in [7, 11) is 0. The first kappa shape index (κ1) is 14.5. The van der Waals surface area contributed by atoms with E-state index < -0.39 is 0 Å². The SMILES string of the molecule is CCC(NCc1ccc(OCC#N)cc1)C(C)C. The summed E-state index contributed by atoms with van der Waals surface area (Å²) in [5.41, 5.74) is 1.23. The minimum absolute atomic E-state index is 0.100. The number of nitrogens with one attached hydrogen (secondary N) is 1. The van der Waals surface area contributed by atoms with E-state index >= 15 is 0 Å². The summed E-state index contributed by atoms with van der Waals surface area (Å²) in [5.74, 6) is 1.39. The number of ether oxygens (including phenoxy) is 1. The van der Waals surface area contributed by atoms with Crippen LogP contribution in [0.5, 0.6) is 5.75 Å². The lowest BCUT2D eigenvalue weighted by molar-refractivity contribution is 0.367. The molecule has 0 aliphatic carbocycles. The summed E-state index contributed by atoms with van der Waals surface area (Å²) in [5, 5.41) is 12.0. The standard InChI is InChI=1S/C15H22N2O/c1-4-15(12(2)3)17-11-13-5-7-14(8-6-13)18-10-9-16/h5-8,12,15,17H,4,10-11H2,1-3H3. The van der Waals surface area contributed by atoms with Crippen LogP contribution >= 0.6 is 0 Å². The molecule has 1 aromatic rings. The van der Waals surface area contributed by atoms with Crippen molar-refractivity contribution in [3.8, 4) is 11.8 Å². The fourth-order valence-corrected chi connectivity index (χ4v) is 1.92. The quantitative estimate of drug-likeness (QED) is 0.804. The zero-order valence-corrected chi connectivity index (χ0v) is 11.4. The number of hydrogen-bond donors (Lipinski definition) is 1. The predicted molar refractivity (Wildman–Crippen MR) is 73.3 cm³/mol. The van der Waals surface area contributed by atoms with Crippen LogP contribution in [0.1, 0.15) is 32.8 Å². The number of hydrogen-bond acceptors (Lipinski definition) is 3. The van der Waals surface area contributed by atoms with Crippen LogP contribution in [0.3, 0.4) is 0 Å². The van der Waals surface area contributed by atoms with E-state index in [9.17, 15) is 0 Å². The van der Waals surface area contributed by atoms with Crippen LogP contribution in [-0.2, 0) is 6.54 Å². The Morgan fingerprint density at radius 3 is 2.44 bits per heavy atom. The summed E-state index contributed by atoms with van der Waals surface area (Å²) >= 11 is 0. The highest BCUT2D eigenvalue weighted by Gasteiger charge is 2.09. The molecule has 0 bridgehead atoms. The zero-order chi connectivity index (χ0) is 13.4. The van der Waals surface area contributed by atoms with E-state index in [1.165, 1.54) is 5.56 Å². The molecule has 0 saturated carbocycles. The second kappa shape index (κ2) is 7.73. The molecule has 1 unspecified atom stereocenters. The van der Waals surface area contributed by atoms with Crippen LogP contribution in [0, 0.1) is 17.2 Å². The fourth-order valence-electron chi connectivity index (χ4n) is 1.92. The molecule has 0 spiro atoms. The molecule has 1 atom stereocenters. The van der Waals surface area contributed by atoms with Crippen molar-refractivity contribution < 1.29 is 4.74 Å². The van der Waals surface area contributed by atoms with Crippen LogP contribution in [0.15, 0.2) is 24.3 Å². The number of nitrogens with zero attached hydrogens (tertiary/aromatic N) is 1. The van der Waals surface area contributed by atoms with Gasteiger partial charge in [-0.1, -0.05) is 32.9 Å². The number of rotatable bonds is 7. The Hall–Kier alpha value is -1.53. The van der Waals surface area contributed by atoms with Gasteiger partial charge in [-0.15, -0.1) is 0 Å². The average Bonchev–Trinajstić information content (AvgIpc) is 2.38. The Morgan fingerprint density at radius 1 is 1.28 bits per heavy atom. The molecule has 0 heterocycles. The summed E-state index contributed by atoms with van der Waals surface area (Å²) in [6.45, 7) is 7.65. The lowest BCUT2D eigenvalue weighted by Gasteiger charge is -2.20. The Kier molecular flexibility index (Phi) is 6.24. The molecule has 0 aliphatic heterocycles. The monoisotopic (exact) mass is 246 g/mol. The van der Waals surface area contributed by atoms with Crippen LogP contribution in [-0.4, -0.2) is 12.6 Å². The van der Waals surface area contributed by atoms with Gasteiger partial charge in [0, 0.05) is 12.6 Å². The third-order valence-corrected chi connectivity index (χ3v) is 3.04. The van der Waals surface area contributed by atoms with Gasteiger partial charge in [0.05, 0.1) is 0 Å². The third kappa shape index (κ3) is 4.77.